The first-order valence-electron chi connectivity index (χ1n) is 6.27. The van der Waals surface area contributed by atoms with E-state index in [0.29, 0.717) is 11.6 Å². The summed E-state index contributed by atoms with van der Waals surface area (Å²) in [5.74, 6) is 2.14. The van der Waals surface area contributed by atoms with Gasteiger partial charge in [-0.1, -0.05) is 6.07 Å². The highest BCUT2D eigenvalue weighted by molar-refractivity contribution is 5.89. The number of aromatic nitrogens is 3. The second kappa shape index (κ2) is 4.85. The van der Waals surface area contributed by atoms with Crippen LogP contribution in [0.2, 0.25) is 0 Å². The SMILES string of the molecule is COc1ccc(OC)c2[nH]c(-c3ncccc3C)nc12. The molecule has 20 heavy (non-hydrogen) atoms. The van der Waals surface area contributed by atoms with Gasteiger partial charge in [-0.25, -0.2) is 4.98 Å². The molecule has 0 saturated carbocycles. The Morgan fingerprint density at radius 3 is 2.50 bits per heavy atom. The minimum Gasteiger partial charge on any atom is -0.494 e. The molecule has 0 fully saturated rings. The maximum absolute atomic E-state index is 5.36. The van der Waals surface area contributed by atoms with Crippen LogP contribution in [-0.2, 0) is 0 Å². The number of aromatic amines is 1. The summed E-state index contributed by atoms with van der Waals surface area (Å²) in [5.41, 5.74) is 3.44. The number of ether oxygens (including phenoxy) is 2. The van der Waals surface area contributed by atoms with Crippen LogP contribution in [0.1, 0.15) is 5.56 Å². The number of pyridine rings is 1. The molecule has 0 amide bonds. The lowest BCUT2D eigenvalue weighted by molar-refractivity contribution is 0.409. The second-order valence-electron chi connectivity index (χ2n) is 4.45. The predicted octanol–water partition coefficient (Wildman–Crippen LogP) is 2.95. The van der Waals surface area contributed by atoms with Gasteiger partial charge in [0.2, 0.25) is 0 Å². The standard InChI is InChI=1S/C15H15N3O2/c1-9-5-4-8-16-12(9)15-17-13-10(19-2)6-7-11(20-3)14(13)18-15/h4-8H,1-3H3,(H,17,18). The van der Waals surface area contributed by atoms with Gasteiger partial charge in [0.15, 0.2) is 5.82 Å². The summed E-state index contributed by atoms with van der Waals surface area (Å²) in [6, 6.07) is 7.61. The van der Waals surface area contributed by atoms with Gasteiger partial charge in [-0.2, -0.15) is 0 Å². The molecule has 3 aromatic rings. The molecule has 2 aromatic heterocycles. The number of benzene rings is 1. The zero-order chi connectivity index (χ0) is 14.1. The van der Waals surface area contributed by atoms with E-state index in [9.17, 15) is 0 Å². The van der Waals surface area contributed by atoms with Crippen LogP contribution in [-0.4, -0.2) is 29.2 Å². The molecular formula is C15H15N3O2. The number of nitrogens with one attached hydrogen (secondary N) is 1. The number of methoxy groups -OCH3 is 2. The fraction of sp³-hybridized carbons (Fsp3) is 0.200. The molecule has 3 rings (SSSR count). The largest absolute Gasteiger partial charge is 0.494 e. The molecule has 0 bridgehead atoms. The Balaban J connectivity index is 2.27. The fourth-order valence-electron chi connectivity index (χ4n) is 2.22. The Bertz CT molecular complexity index is 724. The summed E-state index contributed by atoms with van der Waals surface area (Å²) in [7, 11) is 3.26. The average Bonchev–Trinajstić information content (AvgIpc) is 2.91. The molecule has 102 valence electrons. The molecule has 0 unspecified atom stereocenters. The third-order valence-corrected chi connectivity index (χ3v) is 3.24. The van der Waals surface area contributed by atoms with E-state index in [1.165, 1.54) is 0 Å². The number of hydrogen-bond donors (Lipinski definition) is 1. The summed E-state index contributed by atoms with van der Waals surface area (Å²) >= 11 is 0. The monoisotopic (exact) mass is 269 g/mol. The first kappa shape index (κ1) is 12.5. The second-order valence-corrected chi connectivity index (χ2v) is 4.45. The molecule has 0 atom stereocenters. The maximum atomic E-state index is 5.36. The Morgan fingerprint density at radius 2 is 1.80 bits per heavy atom. The Hall–Kier alpha value is -2.56. The quantitative estimate of drug-likeness (QED) is 0.794. The van der Waals surface area contributed by atoms with Crippen molar-refractivity contribution in [2.45, 2.75) is 6.92 Å². The van der Waals surface area contributed by atoms with Crippen LogP contribution in [0.5, 0.6) is 11.5 Å². The molecule has 0 saturated heterocycles. The summed E-state index contributed by atoms with van der Waals surface area (Å²) in [6.07, 6.45) is 1.75. The highest BCUT2D eigenvalue weighted by Crippen LogP contribution is 2.33. The Morgan fingerprint density at radius 1 is 1.05 bits per heavy atom. The number of hydrogen-bond acceptors (Lipinski definition) is 4. The van der Waals surface area contributed by atoms with Gasteiger partial charge < -0.3 is 14.5 Å². The van der Waals surface area contributed by atoms with E-state index < -0.39 is 0 Å². The third-order valence-electron chi connectivity index (χ3n) is 3.24. The minimum absolute atomic E-state index is 0.705. The first-order chi connectivity index (χ1) is 9.74. The van der Waals surface area contributed by atoms with E-state index in [1.807, 2.05) is 31.2 Å². The van der Waals surface area contributed by atoms with Crippen LogP contribution in [0.25, 0.3) is 22.6 Å². The number of aryl methyl sites for hydroxylation is 1. The molecule has 0 radical (unpaired) electrons. The molecule has 0 spiro atoms. The Labute approximate surface area is 116 Å². The zero-order valence-corrected chi connectivity index (χ0v) is 11.6. The van der Waals surface area contributed by atoms with Gasteiger partial charge in [0.1, 0.15) is 28.2 Å². The van der Waals surface area contributed by atoms with Crippen molar-refractivity contribution in [1.82, 2.24) is 15.0 Å². The van der Waals surface area contributed by atoms with Crippen LogP contribution in [0.4, 0.5) is 0 Å². The lowest BCUT2D eigenvalue weighted by atomic mass is 10.2. The first-order valence-corrected chi connectivity index (χ1v) is 6.27. The van der Waals surface area contributed by atoms with Crippen LogP contribution < -0.4 is 9.47 Å². The van der Waals surface area contributed by atoms with Gasteiger partial charge >= 0.3 is 0 Å². The van der Waals surface area contributed by atoms with E-state index in [2.05, 4.69) is 15.0 Å². The van der Waals surface area contributed by atoms with Crippen molar-refractivity contribution >= 4 is 11.0 Å². The van der Waals surface area contributed by atoms with Crippen LogP contribution in [0, 0.1) is 6.92 Å². The molecule has 0 aliphatic carbocycles. The maximum Gasteiger partial charge on any atom is 0.157 e. The molecular weight excluding hydrogens is 254 g/mol. The summed E-state index contributed by atoms with van der Waals surface area (Å²) < 4.78 is 10.7. The summed E-state index contributed by atoms with van der Waals surface area (Å²) in [4.78, 5) is 12.2. The number of imidazole rings is 1. The normalized spacial score (nSPS) is 10.8. The van der Waals surface area contributed by atoms with Crippen LogP contribution >= 0.6 is 0 Å². The van der Waals surface area contributed by atoms with Crippen molar-refractivity contribution in [3.05, 3.63) is 36.0 Å². The smallest absolute Gasteiger partial charge is 0.157 e. The van der Waals surface area contributed by atoms with Crippen molar-refractivity contribution in [1.29, 1.82) is 0 Å². The minimum atomic E-state index is 0.705. The summed E-state index contributed by atoms with van der Waals surface area (Å²) in [5, 5.41) is 0. The molecule has 5 nitrogen and oxygen atoms in total. The van der Waals surface area contributed by atoms with E-state index in [4.69, 9.17) is 9.47 Å². The molecule has 1 N–H and O–H groups in total. The number of nitrogens with zero attached hydrogens (tertiary/aromatic N) is 2. The number of rotatable bonds is 3. The topological polar surface area (TPSA) is 60.0 Å². The van der Waals surface area contributed by atoms with Crippen molar-refractivity contribution in [3.8, 4) is 23.0 Å². The lowest BCUT2D eigenvalue weighted by Gasteiger charge is -2.04. The van der Waals surface area contributed by atoms with E-state index in [1.54, 1.807) is 20.4 Å². The zero-order valence-electron chi connectivity index (χ0n) is 11.6. The van der Waals surface area contributed by atoms with Crippen LogP contribution in [0.3, 0.4) is 0 Å². The molecule has 0 aliphatic heterocycles. The van der Waals surface area contributed by atoms with Gasteiger partial charge in [-0.15, -0.1) is 0 Å². The van der Waals surface area contributed by atoms with Gasteiger partial charge in [0.05, 0.1) is 14.2 Å². The highest BCUT2D eigenvalue weighted by Gasteiger charge is 2.15. The molecule has 1 aromatic carbocycles. The van der Waals surface area contributed by atoms with Crippen molar-refractivity contribution in [2.75, 3.05) is 14.2 Å². The van der Waals surface area contributed by atoms with Gasteiger partial charge in [-0.05, 0) is 30.7 Å². The lowest BCUT2D eigenvalue weighted by Crippen LogP contribution is -1.88. The molecule has 0 aliphatic rings. The van der Waals surface area contributed by atoms with Crippen molar-refractivity contribution in [3.63, 3.8) is 0 Å². The van der Waals surface area contributed by atoms with E-state index in [0.717, 1.165) is 28.0 Å². The average molecular weight is 269 g/mol. The molecule has 2 heterocycles. The van der Waals surface area contributed by atoms with Crippen molar-refractivity contribution in [2.24, 2.45) is 0 Å². The van der Waals surface area contributed by atoms with E-state index >= 15 is 0 Å². The van der Waals surface area contributed by atoms with Gasteiger partial charge in [0.25, 0.3) is 0 Å². The van der Waals surface area contributed by atoms with Crippen molar-refractivity contribution < 1.29 is 9.47 Å². The van der Waals surface area contributed by atoms with E-state index in [-0.39, 0.29) is 0 Å². The van der Waals surface area contributed by atoms with Gasteiger partial charge in [-0.3, -0.25) is 4.98 Å². The predicted molar refractivity (Wildman–Crippen MR) is 77.2 cm³/mol. The molecule has 5 heteroatoms. The van der Waals surface area contributed by atoms with Crippen LogP contribution in [0.15, 0.2) is 30.5 Å². The fourth-order valence-corrected chi connectivity index (χ4v) is 2.22. The van der Waals surface area contributed by atoms with Gasteiger partial charge in [0, 0.05) is 6.20 Å². The number of fused-ring (bicyclic) bond motifs is 1. The number of H-pyrrole nitrogens is 1. The Kier molecular flexibility index (Phi) is 3.02. The highest BCUT2D eigenvalue weighted by atomic mass is 16.5. The summed E-state index contributed by atoms with van der Waals surface area (Å²) in [6.45, 7) is 2.00. The third kappa shape index (κ3) is 1.87.